The Labute approximate surface area is 148 Å². The molecule has 0 atom stereocenters. The average Bonchev–Trinajstić information content (AvgIpc) is 2.67. The topological polar surface area (TPSA) is 72.4 Å². The predicted molar refractivity (Wildman–Crippen MR) is 97.3 cm³/mol. The highest BCUT2D eigenvalue weighted by Gasteiger charge is 2.18. The van der Waals surface area contributed by atoms with Gasteiger partial charge < -0.3 is 19.7 Å². The molecule has 7 nitrogen and oxygen atoms in total. The van der Waals surface area contributed by atoms with Gasteiger partial charge in [-0.15, -0.1) is 5.10 Å². The van der Waals surface area contributed by atoms with E-state index >= 15 is 0 Å². The first-order valence-electron chi connectivity index (χ1n) is 8.59. The molecule has 3 rings (SSSR count). The minimum Gasteiger partial charge on any atom is -0.493 e. The first kappa shape index (κ1) is 17.3. The van der Waals surface area contributed by atoms with E-state index in [1.165, 1.54) is 12.8 Å². The standard InChI is InChI=1S/C18H25N5O2/c1-13-6-8-23(9-7-13)18-21-17(12-20-22-18)19-11-14-4-5-15(24-2)16(10-14)25-3/h4-5,10,12-13H,6-9,11H2,1-3H3,(H,19,21,22). The van der Waals surface area contributed by atoms with E-state index in [2.05, 4.69) is 32.3 Å². The molecule has 1 N–H and O–H groups in total. The highest BCUT2D eigenvalue weighted by molar-refractivity contribution is 5.45. The molecule has 2 aromatic rings. The summed E-state index contributed by atoms with van der Waals surface area (Å²) in [5.41, 5.74) is 1.07. The number of hydrogen-bond donors (Lipinski definition) is 1. The molecular weight excluding hydrogens is 318 g/mol. The van der Waals surface area contributed by atoms with Gasteiger partial charge in [0.1, 0.15) is 0 Å². The lowest BCUT2D eigenvalue weighted by molar-refractivity contribution is 0.354. The number of hydrogen-bond acceptors (Lipinski definition) is 7. The van der Waals surface area contributed by atoms with E-state index in [4.69, 9.17) is 9.47 Å². The Hall–Kier alpha value is -2.57. The van der Waals surface area contributed by atoms with Crippen molar-refractivity contribution in [3.8, 4) is 11.5 Å². The van der Waals surface area contributed by atoms with Crippen LogP contribution in [-0.4, -0.2) is 42.5 Å². The average molecular weight is 343 g/mol. The monoisotopic (exact) mass is 343 g/mol. The maximum absolute atomic E-state index is 5.34. The molecule has 0 bridgehead atoms. The number of ether oxygens (including phenoxy) is 2. The van der Waals surface area contributed by atoms with E-state index in [9.17, 15) is 0 Å². The Kier molecular flexibility index (Phi) is 5.53. The SMILES string of the molecule is COc1ccc(CNc2cnnc(N3CCC(C)CC3)n2)cc1OC. The van der Waals surface area contributed by atoms with Crippen LogP contribution in [0.15, 0.2) is 24.4 Å². The largest absolute Gasteiger partial charge is 0.493 e. The number of anilines is 2. The molecule has 7 heteroatoms. The van der Waals surface area contributed by atoms with Crippen LogP contribution < -0.4 is 19.7 Å². The zero-order chi connectivity index (χ0) is 17.6. The molecule has 134 valence electrons. The van der Waals surface area contributed by atoms with Crippen LogP contribution in [0.3, 0.4) is 0 Å². The molecular formula is C18H25N5O2. The smallest absolute Gasteiger partial charge is 0.247 e. The summed E-state index contributed by atoms with van der Waals surface area (Å²) in [6.07, 6.45) is 4.00. The highest BCUT2D eigenvalue weighted by Crippen LogP contribution is 2.27. The van der Waals surface area contributed by atoms with Crippen molar-refractivity contribution in [2.45, 2.75) is 26.3 Å². The molecule has 1 aliphatic rings. The molecule has 0 radical (unpaired) electrons. The molecule has 1 saturated heterocycles. The van der Waals surface area contributed by atoms with Crippen molar-refractivity contribution in [2.75, 3.05) is 37.5 Å². The minimum absolute atomic E-state index is 0.621. The molecule has 1 aliphatic heterocycles. The van der Waals surface area contributed by atoms with Crippen LogP contribution in [0.2, 0.25) is 0 Å². The van der Waals surface area contributed by atoms with E-state index < -0.39 is 0 Å². The van der Waals surface area contributed by atoms with Gasteiger partial charge in [0.2, 0.25) is 5.95 Å². The Balaban J connectivity index is 1.64. The molecule has 0 saturated carbocycles. The predicted octanol–water partition coefficient (Wildman–Crippen LogP) is 2.74. The number of rotatable bonds is 6. The van der Waals surface area contributed by atoms with Crippen molar-refractivity contribution in [2.24, 2.45) is 5.92 Å². The van der Waals surface area contributed by atoms with Crippen LogP contribution in [-0.2, 0) is 6.54 Å². The number of benzene rings is 1. The minimum atomic E-state index is 0.621. The van der Waals surface area contributed by atoms with Crippen molar-refractivity contribution in [3.05, 3.63) is 30.0 Å². The highest BCUT2D eigenvalue weighted by atomic mass is 16.5. The normalized spacial score (nSPS) is 15.1. The summed E-state index contributed by atoms with van der Waals surface area (Å²) in [7, 11) is 3.26. The Morgan fingerprint density at radius 1 is 1.16 bits per heavy atom. The van der Waals surface area contributed by atoms with Gasteiger partial charge >= 0.3 is 0 Å². The Morgan fingerprint density at radius 2 is 1.92 bits per heavy atom. The van der Waals surface area contributed by atoms with Crippen LogP contribution >= 0.6 is 0 Å². The Bertz CT molecular complexity index is 702. The summed E-state index contributed by atoms with van der Waals surface area (Å²) < 4.78 is 10.6. The van der Waals surface area contributed by atoms with Gasteiger partial charge in [-0.25, -0.2) is 0 Å². The van der Waals surface area contributed by atoms with Gasteiger partial charge in [0.15, 0.2) is 17.3 Å². The summed E-state index contributed by atoms with van der Waals surface area (Å²) >= 11 is 0. The molecule has 1 aromatic carbocycles. The van der Waals surface area contributed by atoms with Crippen LogP contribution in [0.25, 0.3) is 0 Å². The maximum atomic E-state index is 5.34. The molecule has 0 unspecified atom stereocenters. The van der Waals surface area contributed by atoms with E-state index in [0.717, 1.165) is 36.1 Å². The van der Waals surface area contributed by atoms with E-state index in [1.54, 1.807) is 20.4 Å². The fourth-order valence-corrected chi connectivity index (χ4v) is 2.91. The van der Waals surface area contributed by atoms with E-state index in [0.29, 0.717) is 18.2 Å². The van der Waals surface area contributed by atoms with Gasteiger partial charge in [-0.05, 0) is 36.5 Å². The third kappa shape index (κ3) is 4.29. The molecule has 0 aliphatic carbocycles. The van der Waals surface area contributed by atoms with Gasteiger partial charge in [-0.2, -0.15) is 10.1 Å². The quantitative estimate of drug-likeness (QED) is 0.864. The molecule has 1 aromatic heterocycles. The number of aromatic nitrogens is 3. The summed E-state index contributed by atoms with van der Waals surface area (Å²) in [5.74, 6) is 3.63. The van der Waals surface area contributed by atoms with Crippen LogP contribution in [0.4, 0.5) is 11.8 Å². The molecule has 0 spiro atoms. The first-order valence-corrected chi connectivity index (χ1v) is 8.59. The van der Waals surface area contributed by atoms with Gasteiger partial charge in [-0.1, -0.05) is 13.0 Å². The molecule has 0 amide bonds. The summed E-state index contributed by atoms with van der Waals surface area (Å²) in [6, 6.07) is 5.84. The van der Waals surface area contributed by atoms with Crippen LogP contribution in [0.5, 0.6) is 11.5 Å². The number of piperidine rings is 1. The Morgan fingerprint density at radius 3 is 2.64 bits per heavy atom. The first-order chi connectivity index (χ1) is 12.2. The fraction of sp³-hybridized carbons (Fsp3) is 0.500. The fourth-order valence-electron chi connectivity index (χ4n) is 2.91. The lowest BCUT2D eigenvalue weighted by Gasteiger charge is -2.29. The van der Waals surface area contributed by atoms with Crippen molar-refractivity contribution < 1.29 is 9.47 Å². The van der Waals surface area contributed by atoms with Gasteiger partial charge in [0.25, 0.3) is 0 Å². The molecule has 1 fully saturated rings. The summed E-state index contributed by atoms with van der Waals surface area (Å²) in [4.78, 5) is 6.80. The van der Waals surface area contributed by atoms with Crippen LogP contribution in [0.1, 0.15) is 25.3 Å². The number of nitrogens with zero attached hydrogens (tertiary/aromatic N) is 4. The molecule has 2 heterocycles. The van der Waals surface area contributed by atoms with Gasteiger partial charge in [-0.3, -0.25) is 0 Å². The second-order valence-corrected chi connectivity index (χ2v) is 6.35. The third-order valence-electron chi connectivity index (χ3n) is 4.54. The lowest BCUT2D eigenvalue weighted by atomic mass is 10.00. The second-order valence-electron chi connectivity index (χ2n) is 6.35. The van der Waals surface area contributed by atoms with Gasteiger partial charge in [0.05, 0.1) is 20.4 Å². The van der Waals surface area contributed by atoms with E-state index in [1.807, 2.05) is 18.2 Å². The van der Waals surface area contributed by atoms with Crippen molar-refractivity contribution in [3.63, 3.8) is 0 Å². The lowest BCUT2D eigenvalue weighted by Crippen LogP contribution is -2.34. The van der Waals surface area contributed by atoms with Crippen molar-refractivity contribution in [1.82, 2.24) is 15.2 Å². The van der Waals surface area contributed by atoms with Crippen molar-refractivity contribution >= 4 is 11.8 Å². The third-order valence-corrected chi connectivity index (χ3v) is 4.54. The second kappa shape index (κ2) is 8.00. The van der Waals surface area contributed by atoms with Gasteiger partial charge in [0, 0.05) is 19.6 Å². The molecule has 25 heavy (non-hydrogen) atoms. The summed E-state index contributed by atoms with van der Waals surface area (Å²) in [5, 5.41) is 11.6. The number of methoxy groups -OCH3 is 2. The number of nitrogens with one attached hydrogen (secondary N) is 1. The zero-order valence-electron chi connectivity index (χ0n) is 15.0. The summed E-state index contributed by atoms with van der Waals surface area (Å²) in [6.45, 7) is 4.89. The van der Waals surface area contributed by atoms with Crippen LogP contribution in [0, 0.1) is 5.92 Å². The zero-order valence-corrected chi connectivity index (χ0v) is 15.0. The maximum Gasteiger partial charge on any atom is 0.247 e. The van der Waals surface area contributed by atoms with Crippen molar-refractivity contribution in [1.29, 1.82) is 0 Å². The van der Waals surface area contributed by atoms with E-state index in [-0.39, 0.29) is 0 Å².